The number of amides is 2. The summed E-state index contributed by atoms with van der Waals surface area (Å²) in [5.74, 6) is -1.04. The van der Waals surface area contributed by atoms with E-state index in [0.717, 1.165) is 16.4 Å². The Kier molecular flexibility index (Phi) is 11.1. The minimum Gasteiger partial charge on any atom is -0.497 e. The molecule has 2 amide bonds. The molecule has 0 aliphatic carbocycles. The zero-order valence-corrected chi connectivity index (χ0v) is 25.1. The number of hydrogen-bond acceptors (Lipinski definition) is 5. The summed E-state index contributed by atoms with van der Waals surface area (Å²) in [4.78, 5) is 28.6. The second kappa shape index (κ2) is 14.3. The van der Waals surface area contributed by atoms with Crippen molar-refractivity contribution in [3.8, 4) is 5.75 Å². The molecule has 3 aromatic rings. The van der Waals surface area contributed by atoms with Crippen molar-refractivity contribution in [2.24, 2.45) is 0 Å². The van der Waals surface area contributed by atoms with Gasteiger partial charge in [0, 0.05) is 17.6 Å². The topological polar surface area (TPSA) is 96.0 Å². The van der Waals surface area contributed by atoms with Crippen LogP contribution in [0.5, 0.6) is 5.75 Å². The van der Waals surface area contributed by atoms with Gasteiger partial charge in [-0.25, -0.2) is 12.8 Å². The van der Waals surface area contributed by atoms with E-state index < -0.39 is 34.3 Å². The zero-order valence-electron chi connectivity index (χ0n) is 23.5. The van der Waals surface area contributed by atoms with Crippen molar-refractivity contribution < 1.29 is 27.1 Å². The number of carbonyl (C=O) groups is 2. The molecule has 3 aromatic carbocycles. The molecular formula is C30H35ClFN3O5S. The molecule has 0 fully saturated rings. The minimum atomic E-state index is -4.28. The molecule has 2 unspecified atom stereocenters. The van der Waals surface area contributed by atoms with Gasteiger partial charge in [-0.3, -0.25) is 13.9 Å². The molecule has 11 heteroatoms. The average molecular weight is 604 g/mol. The number of anilines is 1. The van der Waals surface area contributed by atoms with Crippen LogP contribution in [0.25, 0.3) is 0 Å². The van der Waals surface area contributed by atoms with Crippen LogP contribution in [0.2, 0.25) is 5.02 Å². The smallest absolute Gasteiger partial charge is 0.264 e. The number of ether oxygens (including phenoxy) is 1. The van der Waals surface area contributed by atoms with Gasteiger partial charge in [0.1, 0.15) is 24.2 Å². The van der Waals surface area contributed by atoms with Crippen molar-refractivity contribution in [1.82, 2.24) is 10.2 Å². The summed E-state index contributed by atoms with van der Waals surface area (Å²) in [6.07, 6.45) is 0.995. The van der Waals surface area contributed by atoms with Crippen LogP contribution in [0.1, 0.15) is 39.2 Å². The third-order valence-corrected chi connectivity index (χ3v) is 8.73. The predicted octanol–water partition coefficient (Wildman–Crippen LogP) is 5.41. The molecule has 0 heterocycles. The molecule has 0 radical (unpaired) electrons. The summed E-state index contributed by atoms with van der Waals surface area (Å²) in [6, 6.07) is 16.4. The van der Waals surface area contributed by atoms with Crippen molar-refractivity contribution in [2.75, 3.05) is 18.0 Å². The molecule has 0 saturated heterocycles. The lowest BCUT2D eigenvalue weighted by Crippen LogP contribution is -2.53. The lowest BCUT2D eigenvalue weighted by atomic mass is 10.1. The van der Waals surface area contributed by atoms with Gasteiger partial charge in [-0.2, -0.15) is 0 Å². The number of methoxy groups -OCH3 is 1. The highest BCUT2D eigenvalue weighted by Gasteiger charge is 2.34. The van der Waals surface area contributed by atoms with Crippen molar-refractivity contribution in [3.05, 3.63) is 89.2 Å². The van der Waals surface area contributed by atoms with Gasteiger partial charge in [0.05, 0.1) is 17.7 Å². The SMILES string of the molecule is CCC(C)NC(=O)C(CC)N(Cc1ccc(Cl)cc1)C(=O)CN(c1ccc(F)cc1)S(=O)(=O)c1ccc(OC)cc1. The van der Waals surface area contributed by atoms with Gasteiger partial charge in [-0.05, 0) is 86.0 Å². The fourth-order valence-corrected chi connectivity index (χ4v) is 5.70. The fourth-order valence-electron chi connectivity index (χ4n) is 4.16. The standard InChI is InChI=1S/C30H35ClFN3O5S/c1-5-21(3)33-30(37)28(6-2)34(19-22-7-9-23(31)10-8-22)29(36)20-35(25-13-11-24(32)12-14-25)41(38,39)27-17-15-26(40-4)16-18-27/h7-18,21,28H,5-6,19-20H2,1-4H3,(H,33,37). The number of halogens is 2. The van der Waals surface area contributed by atoms with Crippen LogP contribution in [-0.4, -0.2) is 50.9 Å². The van der Waals surface area contributed by atoms with E-state index in [1.165, 1.54) is 48.4 Å². The van der Waals surface area contributed by atoms with Crippen LogP contribution in [0, 0.1) is 5.82 Å². The van der Waals surface area contributed by atoms with E-state index >= 15 is 0 Å². The van der Waals surface area contributed by atoms with Crippen molar-refractivity contribution in [1.29, 1.82) is 0 Å². The molecule has 0 spiro atoms. The maximum absolute atomic E-state index is 14.0. The predicted molar refractivity (Wildman–Crippen MR) is 158 cm³/mol. The van der Waals surface area contributed by atoms with E-state index in [4.69, 9.17) is 16.3 Å². The molecule has 0 saturated carbocycles. The summed E-state index contributed by atoms with van der Waals surface area (Å²) in [6.45, 7) is 5.01. The Bertz CT molecular complexity index is 1420. The summed E-state index contributed by atoms with van der Waals surface area (Å²) in [7, 11) is -2.82. The maximum atomic E-state index is 14.0. The third-order valence-electron chi connectivity index (χ3n) is 6.69. The second-order valence-electron chi connectivity index (χ2n) is 9.55. The lowest BCUT2D eigenvalue weighted by molar-refractivity contribution is -0.140. The number of sulfonamides is 1. The van der Waals surface area contributed by atoms with Crippen LogP contribution >= 0.6 is 11.6 Å². The summed E-state index contributed by atoms with van der Waals surface area (Å²) in [5.41, 5.74) is 0.808. The highest BCUT2D eigenvalue weighted by Crippen LogP contribution is 2.26. The summed E-state index contributed by atoms with van der Waals surface area (Å²) < 4.78 is 47.5. The lowest BCUT2D eigenvalue weighted by Gasteiger charge is -2.33. The highest BCUT2D eigenvalue weighted by molar-refractivity contribution is 7.92. The highest BCUT2D eigenvalue weighted by atomic mass is 35.5. The first-order valence-electron chi connectivity index (χ1n) is 13.3. The normalized spacial score (nSPS) is 12.7. The van der Waals surface area contributed by atoms with E-state index in [1.807, 2.05) is 13.8 Å². The largest absolute Gasteiger partial charge is 0.497 e. The van der Waals surface area contributed by atoms with Gasteiger partial charge in [-0.15, -0.1) is 0 Å². The van der Waals surface area contributed by atoms with Crippen LogP contribution in [0.15, 0.2) is 77.7 Å². The number of nitrogens with one attached hydrogen (secondary N) is 1. The first-order valence-corrected chi connectivity index (χ1v) is 15.1. The van der Waals surface area contributed by atoms with Gasteiger partial charge in [0.15, 0.2) is 0 Å². The Hall–Kier alpha value is -3.63. The van der Waals surface area contributed by atoms with E-state index in [9.17, 15) is 22.4 Å². The Morgan fingerprint density at radius 2 is 1.56 bits per heavy atom. The second-order valence-corrected chi connectivity index (χ2v) is 11.9. The van der Waals surface area contributed by atoms with Crippen LogP contribution in [0.4, 0.5) is 10.1 Å². The first kappa shape index (κ1) is 31.9. The Balaban J connectivity index is 2.05. The van der Waals surface area contributed by atoms with Crippen molar-refractivity contribution in [3.63, 3.8) is 0 Å². The van der Waals surface area contributed by atoms with Crippen LogP contribution in [-0.2, 0) is 26.2 Å². The van der Waals surface area contributed by atoms with E-state index in [1.54, 1.807) is 31.2 Å². The van der Waals surface area contributed by atoms with Gasteiger partial charge >= 0.3 is 0 Å². The number of nitrogens with zero attached hydrogens (tertiary/aromatic N) is 2. The Morgan fingerprint density at radius 1 is 0.951 bits per heavy atom. The molecule has 0 aliphatic rings. The summed E-state index contributed by atoms with van der Waals surface area (Å²) >= 11 is 6.05. The average Bonchev–Trinajstić information content (AvgIpc) is 2.97. The quantitative estimate of drug-likeness (QED) is 0.282. The molecule has 3 rings (SSSR count). The van der Waals surface area contributed by atoms with E-state index in [2.05, 4.69) is 5.32 Å². The van der Waals surface area contributed by atoms with Gasteiger partial charge in [-0.1, -0.05) is 37.6 Å². The summed E-state index contributed by atoms with van der Waals surface area (Å²) in [5, 5.41) is 3.44. The molecule has 41 heavy (non-hydrogen) atoms. The Morgan fingerprint density at radius 3 is 2.10 bits per heavy atom. The van der Waals surface area contributed by atoms with Gasteiger partial charge in [0.2, 0.25) is 11.8 Å². The fraction of sp³-hybridized carbons (Fsp3) is 0.333. The van der Waals surface area contributed by atoms with E-state index in [-0.39, 0.29) is 29.1 Å². The Labute approximate surface area is 246 Å². The third kappa shape index (κ3) is 8.20. The molecule has 8 nitrogen and oxygen atoms in total. The first-order chi connectivity index (χ1) is 19.5. The van der Waals surface area contributed by atoms with Gasteiger partial charge < -0.3 is 15.0 Å². The van der Waals surface area contributed by atoms with Crippen molar-refractivity contribution >= 4 is 39.1 Å². The van der Waals surface area contributed by atoms with E-state index in [0.29, 0.717) is 29.2 Å². The number of rotatable bonds is 13. The molecule has 220 valence electrons. The monoisotopic (exact) mass is 603 g/mol. The molecule has 0 bridgehead atoms. The van der Waals surface area contributed by atoms with Crippen molar-refractivity contribution in [2.45, 2.75) is 57.1 Å². The number of carbonyl (C=O) groups excluding carboxylic acids is 2. The van der Waals surface area contributed by atoms with Crippen LogP contribution in [0.3, 0.4) is 0 Å². The zero-order chi connectivity index (χ0) is 30.2. The van der Waals surface area contributed by atoms with Crippen LogP contribution < -0.4 is 14.4 Å². The number of hydrogen-bond donors (Lipinski definition) is 1. The van der Waals surface area contributed by atoms with Gasteiger partial charge in [0.25, 0.3) is 10.0 Å². The molecule has 2 atom stereocenters. The molecular weight excluding hydrogens is 569 g/mol. The molecule has 1 N–H and O–H groups in total. The number of benzene rings is 3. The maximum Gasteiger partial charge on any atom is 0.264 e. The molecule has 0 aromatic heterocycles. The molecule has 0 aliphatic heterocycles. The minimum absolute atomic E-state index is 0.0439.